The molecule has 2 aromatic rings. The first-order valence-corrected chi connectivity index (χ1v) is 11.7. The Labute approximate surface area is 188 Å². The van der Waals surface area contributed by atoms with E-state index in [9.17, 15) is 13.2 Å². The molecule has 0 radical (unpaired) electrons. The molecule has 1 N–H and O–H groups in total. The number of esters is 1. The van der Waals surface area contributed by atoms with Crippen LogP contribution < -0.4 is 5.32 Å². The zero-order valence-electron chi connectivity index (χ0n) is 18.3. The van der Waals surface area contributed by atoms with E-state index in [1.807, 2.05) is 36.9 Å². The molecule has 31 heavy (non-hydrogen) atoms. The average molecular weight is 466 g/mol. The summed E-state index contributed by atoms with van der Waals surface area (Å²) in [4.78, 5) is 14.0. The predicted molar refractivity (Wildman–Crippen MR) is 122 cm³/mol. The summed E-state index contributed by atoms with van der Waals surface area (Å²) in [5.74, 6) is -0.335. The molecular formula is C21H27N3O5S2. The standard InChI is InChI=1S/C21H27N3O5S2/c1-13-7-6-8-17(14(13)2)22-21(30)23-9-11-24(12-10-23)31(26,27)19-16(4)29-15(3)18(19)20(25)28-5/h6-8H,9-12H2,1-5H3,(H,22,30). The number of piperazine rings is 1. The third-order valence-electron chi connectivity index (χ3n) is 5.56. The number of hydrogen-bond donors (Lipinski definition) is 1. The number of hydrogen-bond acceptors (Lipinski definition) is 6. The number of rotatable bonds is 4. The highest BCUT2D eigenvalue weighted by atomic mass is 32.2. The molecule has 1 aromatic carbocycles. The van der Waals surface area contributed by atoms with Gasteiger partial charge in [0.05, 0.1) is 7.11 Å². The molecule has 168 valence electrons. The molecule has 1 aliphatic heterocycles. The second-order valence-corrected chi connectivity index (χ2v) is 9.74. The normalized spacial score (nSPS) is 15.1. The van der Waals surface area contributed by atoms with Crippen LogP contribution in [0.2, 0.25) is 0 Å². The van der Waals surface area contributed by atoms with Crippen molar-refractivity contribution < 1.29 is 22.4 Å². The number of benzene rings is 1. The van der Waals surface area contributed by atoms with Crippen LogP contribution in [-0.4, -0.2) is 62.0 Å². The van der Waals surface area contributed by atoms with Gasteiger partial charge in [0.25, 0.3) is 0 Å². The second-order valence-electron chi connectivity index (χ2n) is 7.48. The van der Waals surface area contributed by atoms with Crippen LogP contribution in [0.25, 0.3) is 0 Å². The maximum absolute atomic E-state index is 13.3. The number of anilines is 1. The fraction of sp³-hybridized carbons (Fsp3) is 0.429. The highest BCUT2D eigenvalue weighted by Gasteiger charge is 2.37. The Morgan fingerprint density at radius 3 is 2.35 bits per heavy atom. The van der Waals surface area contributed by atoms with Crippen molar-refractivity contribution in [1.82, 2.24) is 9.21 Å². The maximum atomic E-state index is 13.3. The summed E-state index contributed by atoms with van der Waals surface area (Å²) in [5.41, 5.74) is 3.17. The first kappa shape index (κ1) is 23.2. The topological polar surface area (TPSA) is 92.1 Å². The summed E-state index contributed by atoms with van der Waals surface area (Å²) >= 11 is 5.55. The molecule has 0 saturated carbocycles. The number of methoxy groups -OCH3 is 1. The van der Waals surface area contributed by atoms with Gasteiger partial charge in [-0.2, -0.15) is 4.31 Å². The molecule has 1 saturated heterocycles. The average Bonchev–Trinajstić information content (AvgIpc) is 3.05. The van der Waals surface area contributed by atoms with Crippen molar-refractivity contribution in [3.05, 3.63) is 46.4 Å². The minimum Gasteiger partial charge on any atom is -0.465 e. The lowest BCUT2D eigenvalue weighted by Gasteiger charge is -2.35. The largest absolute Gasteiger partial charge is 0.465 e. The van der Waals surface area contributed by atoms with Gasteiger partial charge in [-0.3, -0.25) is 0 Å². The molecule has 10 heteroatoms. The number of furan rings is 1. The molecule has 8 nitrogen and oxygen atoms in total. The molecule has 0 unspecified atom stereocenters. The van der Waals surface area contributed by atoms with E-state index in [0.717, 1.165) is 16.8 Å². The van der Waals surface area contributed by atoms with Crippen molar-refractivity contribution in [3.63, 3.8) is 0 Å². The SMILES string of the molecule is COC(=O)c1c(C)oc(C)c1S(=O)(=O)N1CCN(C(=S)Nc2cccc(C)c2C)CC1. The van der Waals surface area contributed by atoms with Crippen LogP contribution in [0, 0.1) is 27.7 Å². The summed E-state index contributed by atoms with van der Waals surface area (Å²) in [6.07, 6.45) is 0. The fourth-order valence-electron chi connectivity index (χ4n) is 3.65. The van der Waals surface area contributed by atoms with E-state index in [-0.39, 0.29) is 35.1 Å². The van der Waals surface area contributed by atoms with Crippen molar-refractivity contribution in [2.24, 2.45) is 0 Å². The first-order chi connectivity index (χ1) is 14.6. The van der Waals surface area contributed by atoms with Gasteiger partial charge in [-0.15, -0.1) is 0 Å². The molecule has 1 aromatic heterocycles. The summed E-state index contributed by atoms with van der Waals surface area (Å²) < 4.78 is 38.2. The first-order valence-electron chi connectivity index (χ1n) is 9.88. The molecule has 0 aliphatic carbocycles. The van der Waals surface area contributed by atoms with E-state index in [2.05, 4.69) is 5.32 Å². The molecule has 0 atom stereocenters. The number of carbonyl (C=O) groups excluding carboxylic acids is 1. The summed E-state index contributed by atoms with van der Waals surface area (Å²) in [7, 11) is -2.72. The lowest BCUT2D eigenvalue weighted by molar-refractivity contribution is 0.0594. The molecule has 0 spiro atoms. The van der Waals surface area contributed by atoms with Crippen LogP contribution in [-0.2, 0) is 14.8 Å². The monoisotopic (exact) mass is 465 g/mol. The van der Waals surface area contributed by atoms with Gasteiger partial charge < -0.3 is 19.4 Å². The van der Waals surface area contributed by atoms with Gasteiger partial charge in [0.1, 0.15) is 22.0 Å². The Bertz CT molecular complexity index is 1120. The molecule has 1 aliphatic rings. The number of nitrogens with one attached hydrogen (secondary N) is 1. The second kappa shape index (κ2) is 8.97. The van der Waals surface area contributed by atoms with E-state index in [4.69, 9.17) is 21.4 Å². The Kier molecular flexibility index (Phi) is 6.73. The summed E-state index contributed by atoms with van der Waals surface area (Å²) in [6, 6.07) is 5.97. The molecule has 1 fully saturated rings. The number of carbonyl (C=O) groups is 1. The third-order valence-corrected chi connectivity index (χ3v) is 7.98. The van der Waals surface area contributed by atoms with Crippen LogP contribution >= 0.6 is 12.2 Å². The molecule has 0 bridgehead atoms. The quantitative estimate of drug-likeness (QED) is 0.544. The van der Waals surface area contributed by atoms with Crippen LogP contribution in [0.5, 0.6) is 0 Å². The van der Waals surface area contributed by atoms with Gasteiger partial charge in [0.2, 0.25) is 10.0 Å². The van der Waals surface area contributed by atoms with Gasteiger partial charge in [-0.25, -0.2) is 13.2 Å². The number of sulfonamides is 1. The lowest BCUT2D eigenvalue weighted by Crippen LogP contribution is -2.51. The van der Waals surface area contributed by atoms with Crippen molar-refractivity contribution in [2.75, 3.05) is 38.6 Å². The Morgan fingerprint density at radius 2 is 1.74 bits per heavy atom. The van der Waals surface area contributed by atoms with E-state index in [0.29, 0.717) is 18.2 Å². The van der Waals surface area contributed by atoms with Crippen LogP contribution in [0.3, 0.4) is 0 Å². The third kappa shape index (κ3) is 4.46. The van der Waals surface area contributed by atoms with E-state index >= 15 is 0 Å². The molecular weight excluding hydrogens is 438 g/mol. The van der Waals surface area contributed by atoms with Crippen molar-refractivity contribution in [3.8, 4) is 0 Å². The lowest BCUT2D eigenvalue weighted by atomic mass is 10.1. The molecule has 3 rings (SSSR count). The summed E-state index contributed by atoms with van der Waals surface area (Å²) in [5, 5.41) is 3.82. The number of aryl methyl sites for hydroxylation is 3. The Hall–Kier alpha value is -2.43. The zero-order valence-corrected chi connectivity index (χ0v) is 19.9. The van der Waals surface area contributed by atoms with Crippen LogP contribution in [0.15, 0.2) is 27.5 Å². The fourth-order valence-corrected chi connectivity index (χ4v) is 5.74. The molecule has 0 amide bonds. The maximum Gasteiger partial charge on any atom is 0.342 e. The van der Waals surface area contributed by atoms with Crippen molar-refractivity contribution >= 4 is 39.0 Å². The van der Waals surface area contributed by atoms with E-state index < -0.39 is 16.0 Å². The Morgan fingerprint density at radius 1 is 1.10 bits per heavy atom. The Balaban J connectivity index is 1.74. The van der Waals surface area contributed by atoms with Crippen molar-refractivity contribution in [2.45, 2.75) is 32.6 Å². The van der Waals surface area contributed by atoms with Gasteiger partial charge >= 0.3 is 5.97 Å². The van der Waals surface area contributed by atoms with Crippen LogP contribution in [0.4, 0.5) is 5.69 Å². The van der Waals surface area contributed by atoms with Gasteiger partial charge in [-0.05, 0) is 57.1 Å². The van der Waals surface area contributed by atoms with Gasteiger partial charge in [-0.1, -0.05) is 12.1 Å². The van der Waals surface area contributed by atoms with Gasteiger partial charge in [0.15, 0.2) is 5.11 Å². The number of thiocarbonyl (C=S) groups is 1. The van der Waals surface area contributed by atoms with Crippen LogP contribution in [0.1, 0.15) is 33.0 Å². The highest BCUT2D eigenvalue weighted by molar-refractivity contribution is 7.89. The predicted octanol–water partition coefficient (Wildman–Crippen LogP) is 3.00. The number of ether oxygens (including phenoxy) is 1. The zero-order chi connectivity index (χ0) is 22.9. The van der Waals surface area contributed by atoms with E-state index in [1.54, 1.807) is 6.92 Å². The highest BCUT2D eigenvalue weighted by Crippen LogP contribution is 2.30. The smallest absolute Gasteiger partial charge is 0.342 e. The molecule has 2 heterocycles. The minimum absolute atomic E-state index is 0.0467. The summed E-state index contributed by atoms with van der Waals surface area (Å²) in [6.45, 7) is 8.48. The number of nitrogens with zero attached hydrogens (tertiary/aromatic N) is 2. The minimum atomic E-state index is -3.93. The van der Waals surface area contributed by atoms with Gasteiger partial charge in [0, 0.05) is 31.9 Å². The van der Waals surface area contributed by atoms with E-state index in [1.165, 1.54) is 18.3 Å². The van der Waals surface area contributed by atoms with Crippen molar-refractivity contribution in [1.29, 1.82) is 0 Å².